The third-order valence-electron chi connectivity index (χ3n) is 4.99. The molecule has 0 spiro atoms. The van der Waals surface area contributed by atoms with E-state index in [1.807, 2.05) is 48.6 Å². The largest absolute Gasteiger partial charge is 0.337 e. The van der Waals surface area contributed by atoms with E-state index >= 15 is 0 Å². The van der Waals surface area contributed by atoms with Crippen LogP contribution in [0.5, 0.6) is 0 Å². The standard InChI is InChI=1S/C19H25ClN4O/c1-12-5-6-16(9-18(12)20)24-15(4)17(14(3)22-24)10-19(25)23-8-7-21-11-13(23)2/h5-6,9,13,21H,7-8,10-11H2,1-4H3/t13-/m0/s1. The second-order valence-corrected chi connectivity index (χ2v) is 7.22. The first-order valence-electron chi connectivity index (χ1n) is 8.70. The molecule has 1 aliphatic heterocycles. The third kappa shape index (κ3) is 3.58. The molecule has 2 heterocycles. The number of carbonyl (C=O) groups excluding carboxylic acids is 1. The highest BCUT2D eigenvalue weighted by Gasteiger charge is 2.25. The van der Waals surface area contributed by atoms with Gasteiger partial charge in [-0.15, -0.1) is 0 Å². The quantitative estimate of drug-likeness (QED) is 0.915. The van der Waals surface area contributed by atoms with E-state index in [1.54, 1.807) is 0 Å². The van der Waals surface area contributed by atoms with Crippen LogP contribution >= 0.6 is 11.6 Å². The maximum Gasteiger partial charge on any atom is 0.227 e. The Balaban J connectivity index is 1.86. The number of aromatic nitrogens is 2. The van der Waals surface area contributed by atoms with Crippen LogP contribution < -0.4 is 5.32 Å². The number of nitrogens with one attached hydrogen (secondary N) is 1. The Morgan fingerprint density at radius 3 is 2.80 bits per heavy atom. The van der Waals surface area contributed by atoms with E-state index in [0.717, 1.165) is 52.9 Å². The zero-order valence-corrected chi connectivity index (χ0v) is 16.0. The van der Waals surface area contributed by atoms with Gasteiger partial charge < -0.3 is 10.2 Å². The Morgan fingerprint density at radius 2 is 2.12 bits per heavy atom. The molecular formula is C19H25ClN4O. The van der Waals surface area contributed by atoms with Crippen LogP contribution in [0.4, 0.5) is 0 Å². The van der Waals surface area contributed by atoms with Gasteiger partial charge >= 0.3 is 0 Å². The summed E-state index contributed by atoms with van der Waals surface area (Å²) in [6.07, 6.45) is 0.390. The van der Waals surface area contributed by atoms with E-state index in [-0.39, 0.29) is 11.9 Å². The van der Waals surface area contributed by atoms with E-state index in [9.17, 15) is 4.79 Å². The smallest absolute Gasteiger partial charge is 0.227 e. The molecule has 1 amide bonds. The zero-order chi connectivity index (χ0) is 18.1. The first kappa shape index (κ1) is 18.0. The fourth-order valence-electron chi connectivity index (χ4n) is 3.36. The van der Waals surface area contributed by atoms with Crippen molar-refractivity contribution in [2.45, 2.75) is 40.2 Å². The molecule has 1 aromatic heterocycles. The van der Waals surface area contributed by atoms with Gasteiger partial charge in [-0.25, -0.2) is 4.68 Å². The van der Waals surface area contributed by atoms with Crippen molar-refractivity contribution in [3.05, 3.63) is 45.7 Å². The number of rotatable bonds is 3. The maximum atomic E-state index is 12.8. The van der Waals surface area contributed by atoms with Gasteiger partial charge in [0.15, 0.2) is 0 Å². The average Bonchev–Trinajstić information content (AvgIpc) is 2.86. The topological polar surface area (TPSA) is 50.2 Å². The van der Waals surface area contributed by atoms with Crippen LogP contribution in [0.25, 0.3) is 5.69 Å². The van der Waals surface area contributed by atoms with Crippen LogP contribution in [0, 0.1) is 20.8 Å². The lowest BCUT2D eigenvalue weighted by atomic mass is 10.1. The molecule has 25 heavy (non-hydrogen) atoms. The number of aryl methyl sites for hydroxylation is 2. The van der Waals surface area contributed by atoms with Gasteiger partial charge in [0.2, 0.25) is 5.91 Å². The van der Waals surface area contributed by atoms with E-state index < -0.39 is 0 Å². The molecule has 134 valence electrons. The molecule has 1 fully saturated rings. The van der Waals surface area contributed by atoms with Crippen LogP contribution in [-0.4, -0.2) is 46.3 Å². The fourth-order valence-corrected chi connectivity index (χ4v) is 3.53. The Hall–Kier alpha value is -1.85. The molecule has 0 unspecified atom stereocenters. The van der Waals surface area contributed by atoms with Crippen molar-refractivity contribution in [3.8, 4) is 5.69 Å². The molecule has 1 aromatic carbocycles. The molecule has 0 aliphatic carbocycles. The molecule has 1 N–H and O–H groups in total. The van der Waals surface area contributed by atoms with E-state index in [1.165, 1.54) is 0 Å². The van der Waals surface area contributed by atoms with E-state index in [4.69, 9.17) is 11.6 Å². The molecule has 1 atom stereocenters. The van der Waals surface area contributed by atoms with Gasteiger partial charge in [0.05, 0.1) is 17.8 Å². The molecule has 5 nitrogen and oxygen atoms in total. The van der Waals surface area contributed by atoms with Crippen LogP contribution in [0.1, 0.15) is 29.4 Å². The first-order chi connectivity index (χ1) is 11.9. The number of benzene rings is 1. The number of hydrogen-bond donors (Lipinski definition) is 1. The van der Waals surface area contributed by atoms with Crippen LogP contribution in [0.2, 0.25) is 5.02 Å². The van der Waals surface area contributed by atoms with Gasteiger partial charge in [-0.05, 0) is 45.4 Å². The minimum absolute atomic E-state index is 0.168. The minimum Gasteiger partial charge on any atom is -0.337 e. The van der Waals surface area contributed by atoms with Gasteiger partial charge in [-0.3, -0.25) is 4.79 Å². The highest BCUT2D eigenvalue weighted by Crippen LogP contribution is 2.23. The molecule has 1 saturated heterocycles. The number of halogens is 1. The number of piperazine rings is 1. The summed E-state index contributed by atoms with van der Waals surface area (Å²) >= 11 is 6.26. The number of carbonyl (C=O) groups is 1. The minimum atomic E-state index is 0.168. The lowest BCUT2D eigenvalue weighted by Crippen LogP contribution is -2.52. The summed E-state index contributed by atoms with van der Waals surface area (Å²) in [4.78, 5) is 14.7. The third-order valence-corrected chi connectivity index (χ3v) is 5.40. The van der Waals surface area contributed by atoms with Crippen molar-refractivity contribution < 1.29 is 4.79 Å². The molecular weight excluding hydrogens is 336 g/mol. The number of nitrogens with zero attached hydrogens (tertiary/aromatic N) is 3. The Bertz CT molecular complexity index is 799. The first-order valence-corrected chi connectivity index (χ1v) is 9.08. The van der Waals surface area contributed by atoms with E-state index in [0.29, 0.717) is 6.42 Å². The van der Waals surface area contributed by atoms with Crippen LogP contribution in [-0.2, 0) is 11.2 Å². The number of hydrogen-bond acceptors (Lipinski definition) is 3. The van der Waals surface area contributed by atoms with E-state index in [2.05, 4.69) is 17.3 Å². The SMILES string of the molecule is Cc1ccc(-n2nc(C)c(CC(=O)N3CCNC[C@@H]3C)c2C)cc1Cl. The predicted molar refractivity (Wildman–Crippen MR) is 101 cm³/mol. The van der Waals surface area contributed by atoms with Crippen molar-refractivity contribution in [1.82, 2.24) is 20.0 Å². The van der Waals surface area contributed by atoms with Crippen molar-refractivity contribution in [2.75, 3.05) is 19.6 Å². The summed E-state index contributed by atoms with van der Waals surface area (Å²) in [6, 6.07) is 6.14. The second-order valence-electron chi connectivity index (χ2n) is 6.81. The molecule has 1 aliphatic rings. The maximum absolute atomic E-state index is 12.8. The van der Waals surface area contributed by atoms with Gasteiger partial charge in [-0.1, -0.05) is 17.7 Å². The monoisotopic (exact) mass is 360 g/mol. The second kappa shape index (κ2) is 7.18. The fraction of sp³-hybridized carbons (Fsp3) is 0.474. The van der Waals surface area contributed by atoms with Gasteiger partial charge in [0.25, 0.3) is 0 Å². The summed E-state index contributed by atoms with van der Waals surface area (Å²) in [5.41, 5.74) is 4.85. The summed E-state index contributed by atoms with van der Waals surface area (Å²) in [5, 5.41) is 8.68. The lowest BCUT2D eigenvalue weighted by molar-refractivity contribution is -0.133. The zero-order valence-electron chi connectivity index (χ0n) is 15.3. The summed E-state index contributed by atoms with van der Waals surface area (Å²) < 4.78 is 1.88. The van der Waals surface area contributed by atoms with Gasteiger partial charge in [0, 0.05) is 42.0 Å². The lowest BCUT2D eigenvalue weighted by Gasteiger charge is -2.34. The Labute approximate surface area is 154 Å². The van der Waals surface area contributed by atoms with Crippen LogP contribution in [0.3, 0.4) is 0 Å². The molecule has 0 saturated carbocycles. The Morgan fingerprint density at radius 1 is 1.36 bits per heavy atom. The highest BCUT2D eigenvalue weighted by atomic mass is 35.5. The molecule has 0 radical (unpaired) electrons. The Kier molecular flexibility index (Phi) is 5.16. The van der Waals surface area contributed by atoms with Crippen molar-refractivity contribution in [1.29, 1.82) is 0 Å². The molecule has 2 aromatic rings. The van der Waals surface area contributed by atoms with Gasteiger partial charge in [-0.2, -0.15) is 5.10 Å². The summed E-state index contributed by atoms with van der Waals surface area (Å²) in [7, 11) is 0. The summed E-state index contributed by atoms with van der Waals surface area (Å²) in [6.45, 7) is 10.5. The molecule has 3 rings (SSSR count). The summed E-state index contributed by atoms with van der Waals surface area (Å²) in [5.74, 6) is 0.168. The molecule has 0 bridgehead atoms. The highest BCUT2D eigenvalue weighted by molar-refractivity contribution is 6.31. The van der Waals surface area contributed by atoms with Crippen LogP contribution in [0.15, 0.2) is 18.2 Å². The number of amides is 1. The van der Waals surface area contributed by atoms with Crippen molar-refractivity contribution in [3.63, 3.8) is 0 Å². The normalized spacial score (nSPS) is 17.8. The average molecular weight is 361 g/mol. The van der Waals surface area contributed by atoms with Crippen molar-refractivity contribution >= 4 is 17.5 Å². The molecule has 6 heteroatoms. The van der Waals surface area contributed by atoms with Crippen molar-refractivity contribution in [2.24, 2.45) is 0 Å². The van der Waals surface area contributed by atoms with Gasteiger partial charge in [0.1, 0.15) is 0 Å². The predicted octanol–water partition coefficient (Wildman–Crippen LogP) is 2.81.